The van der Waals surface area contributed by atoms with Crippen molar-refractivity contribution >= 4 is 11.8 Å². The summed E-state index contributed by atoms with van der Waals surface area (Å²) in [5.41, 5.74) is 4.41. The molecule has 2 amide bonds. The average Bonchev–Trinajstić information content (AvgIpc) is 2.15. The summed E-state index contributed by atoms with van der Waals surface area (Å²) in [7, 11) is 0. The zero-order chi connectivity index (χ0) is 11.9. The van der Waals surface area contributed by atoms with Gasteiger partial charge in [-0.05, 0) is 13.8 Å². The third-order valence-corrected chi connectivity index (χ3v) is 1.91. The molecule has 0 aliphatic carbocycles. The van der Waals surface area contributed by atoms with Crippen LogP contribution in [-0.2, 0) is 9.59 Å². The first-order valence-corrected chi connectivity index (χ1v) is 4.61. The van der Waals surface area contributed by atoms with E-state index in [4.69, 9.17) is 12.2 Å². The SMILES string of the molecule is C#CCNCC(=O)NCC(C)(C)C(N)=O. The number of nitrogens with two attached hydrogens (primary N) is 1. The summed E-state index contributed by atoms with van der Waals surface area (Å²) in [6.07, 6.45) is 4.99. The zero-order valence-electron chi connectivity index (χ0n) is 9.09. The normalized spacial score (nSPS) is 10.5. The van der Waals surface area contributed by atoms with Gasteiger partial charge >= 0.3 is 0 Å². The Morgan fingerprint density at radius 2 is 2.07 bits per heavy atom. The van der Waals surface area contributed by atoms with Crippen molar-refractivity contribution in [3.8, 4) is 12.3 Å². The smallest absolute Gasteiger partial charge is 0.234 e. The molecule has 0 aliphatic heterocycles. The highest BCUT2D eigenvalue weighted by atomic mass is 16.2. The Labute approximate surface area is 89.8 Å². The van der Waals surface area contributed by atoms with E-state index in [1.54, 1.807) is 13.8 Å². The Morgan fingerprint density at radius 1 is 1.47 bits per heavy atom. The monoisotopic (exact) mass is 211 g/mol. The molecule has 0 unspecified atom stereocenters. The van der Waals surface area contributed by atoms with Crippen LogP contribution in [0.5, 0.6) is 0 Å². The summed E-state index contributed by atoms with van der Waals surface area (Å²) in [6.45, 7) is 4.04. The van der Waals surface area contributed by atoms with Crippen molar-refractivity contribution in [3.05, 3.63) is 0 Å². The van der Waals surface area contributed by atoms with Crippen molar-refractivity contribution in [2.45, 2.75) is 13.8 Å². The van der Waals surface area contributed by atoms with Gasteiger partial charge in [-0.1, -0.05) is 5.92 Å². The number of nitrogens with one attached hydrogen (secondary N) is 2. The summed E-state index contributed by atoms with van der Waals surface area (Å²) in [6, 6.07) is 0. The number of carbonyl (C=O) groups is 2. The lowest BCUT2D eigenvalue weighted by atomic mass is 9.93. The van der Waals surface area contributed by atoms with Crippen LogP contribution in [0.1, 0.15) is 13.8 Å². The number of primary amides is 1. The highest BCUT2D eigenvalue weighted by molar-refractivity contribution is 5.82. The molecule has 5 nitrogen and oxygen atoms in total. The van der Waals surface area contributed by atoms with Crippen molar-refractivity contribution in [2.75, 3.05) is 19.6 Å². The maximum Gasteiger partial charge on any atom is 0.234 e. The molecule has 0 saturated carbocycles. The lowest BCUT2D eigenvalue weighted by Crippen LogP contribution is -2.44. The van der Waals surface area contributed by atoms with Crippen LogP contribution < -0.4 is 16.4 Å². The van der Waals surface area contributed by atoms with Crippen LogP contribution in [0.25, 0.3) is 0 Å². The summed E-state index contributed by atoms with van der Waals surface area (Å²) >= 11 is 0. The first-order valence-electron chi connectivity index (χ1n) is 4.61. The first kappa shape index (κ1) is 13.5. The molecule has 0 saturated heterocycles. The van der Waals surface area contributed by atoms with Crippen LogP contribution in [0.15, 0.2) is 0 Å². The molecular formula is C10H17N3O2. The summed E-state index contributed by atoms with van der Waals surface area (Å²) in [5, 5.41) is 5.33. The number of rotatable bonds is 6. The predicted octanol–water partition coefficient (Wildman–Crippen LogP) is -1.16. The van der Waals surface area contributed by atoms with Crippen LogP contribution >= 0.6 is 0 Å². The van der Waals surface area contributed by atoms with E-state index < -0.39 is 11.3 Å². The van der Waals surface area contributed by atoms with E-state index in [1.807, 2.05) is 0 Å². The van der Waals surface area contributed by atoms with E-state index in [9.17, 15) is 9.59 Å². The van der Waals surface area contributed by atoms with Crippen LogP contribution in [0, 0.1) is 17.8 Å². The maximum absolute atomic E-state index is 11.2. The molecule has 5 heteroatoms. The Morgan fingerprint density at radius 3 is 2.53 bits per heavy atom. The first-order chi connectivity index (χ1) is 6.90. The van der Waals surface area contributed by atoms with E-state index >= 15 is 0 Å². The number of carbonyl (C=O) groups excluding carboxylic acids is 2. The maximum atomic E-state index is 11.2. The van der Waals surface area contributed by atoms with E-state index in [1.165, 1.54) is 0 Å². The van der Waals surface area contributed by atoms with E-state index in [0.29, 0.717) is 6.54 Å². The quantitative estimate of drug-likeness (QED) is 0.382. The molecule has 0 rings (SSSR count). The Hall–Kier alpha value is -1.54. The number of amides is 2. The minimum Gasteiger partial charge on any atom is -0.369 e. The molecule has 0 bridgehead atoms. The van der Waals surface area contributed by atoms with Gasteiger partial charge in [-0.2, -0.15) is 0 Å². The molecule has 0 atom stereocenters. The van der Waals surface area contributed by atoms with Gasteiger partial charge in [-0.25, -0.2) is 0 Å². The van der Waals surface area contributed by atoms with Gasteiger partial charge in [0, 0.05) is 6.54 Å². The Kier molecular flexibility index (Phi) is 5.42. The predicted molar refractivity (Wildman–Crippen MR) is 57.7 cm³/mol. The average molecular weight is 211 g/mol. The fourth-order valence-electron chi connectivity index (χ4n) is 0.717. The zero-order valence-corrected chi connectivity index (χ0v) is 9.09. The van der Waals surface area contributed by atoms with E-state index in [2.05, 4.69) is 16.6 Å². The summed E-state index contributed by atoms with van der Waals surface area (Å²) in [4.78, 5) is 22.1. The molecule has 0 fully saturated rings. The Bertz CT molecular complexity index is 279. The summed E-state index contributed by atoms with van der Waals surface area (Å²) in [5.74, 6) is 1.69. The Balaban J connectivity index is 3.81. The van der Waals surface area contributed by atoms with Crippen LogP contribution in [0.3, 0.4) is 0 Å². The van der Waals surface area contributed by atoms with Crippen molar-refractivity contribution in [1.82, 2.24) is 10.6 Å². The number of hydrogen-bond donors (Lipinski definition) is 3. The van der Waals surface area contributed by atoms with Crippen molar-refractivity contribution < 1.29 is 9.59 Å². The van der Waals surface area contributed by atoms with Crippen LogP contribution in [0.2, 0.25) is 0 Å². The van der Waals surface area contributed by atoms with Gasteiger partial charge in [0.05, 0.1) is 18.5 Å². The molecule has 84 valence electrons. The third-order valence-electron chi connectivity index (χ3n) is 1.91. The third kappa shape index (κ3) is 5.70. The molecular weight excluding hydrogens is 194 g/mol. The van der Waals surface area contributed by atoms with Gasteiger partial charge in [0.1, 0.15) is 0 Å². The number of terminal acetylenes is 1. The van der Waals surface area contributed by atoms with Crippen molar-refractivity contribution in [3.63, 3.8) is 0 Å². The molecule has 0 aromatic rings. The molecule has 4 N–H and O–H groups in total. The highest BCUT2D eigenvalue weighted by Gasteiger charge is 2.25. The standard InChI is InChI=1S/C10H17N3O2/c1-4-5-12-6-8(14)13-7-10(2,3)9(11)15/h1,12H,5-7H2,2-3H3,(H2,11,15)(H,13,14). The van der Waals surface area contributed by atoms with Gasteiger partial charge in [-0.3, -0.25) is 14.9 Å². The topological polar surface area (TPSA) is 84.2 Å². The molecule has 0 spiro atoms. The van der Waals surface area contributed by atoms with Gasteiger partial charge in [0.15, 0.2) is 0 Å². The molecule has 0 radical (unpaired) electrons. The molecule has 15 heavy (non-hydrogen) atoms. The molecule has 0 aromatic heterocycles. The van der Waals surface area contributed by atoms with Crippen LogP contribution in [-0.4, -0.2) is 31.4 Å². The number of hydrogen-bond acceptors (Lipinski definition) is 3. The second-order valence-corrected chi connectivity index (χ2v) is 3.83. The highest BCUT2D eigenvalue weighted by Crippen LogP contribution is 2.11. The second-order valence-electron chi connectivity index (χ2n) is 3.83. The lowest BCUT2D eigenvalue weighted by molar-refractivity contribution is -0.126. The molecule has 0 aliphatic rings. The van der Waals surface area contributed by atoms with E-state index in [0.717, 1.165) is 0 Å². The minimum absolute atomic E-state index is 0.138. The minimum atomic E-state index is -0.734. The van der Waals surface area contributed by atoms with Crippen molar-refractivity contribution in [2.24, 2.45) is 11.1 Å². The fraction of sp³-hybridized carbons (Fsp3) is 0.600. The van der Waals surface area contributed by atoms with E-state index in [-0.39, 0.29) is 19.0 Å². The summed E-state index contributed by atoms with van der Waals surface area (Å²) < 4.78 is 0. The molecule has 0 aromatic carbocycles. The molecule has 0 heterocycles. The van der Waals surface area contributed by atoms with Gasteiger partial charge in [0.2, 0.25) is 11.8 Å². The second kappa shape index (κ2) is 6.04. The van der Waals surface area contributed by atoms with Crippen molar-refractivity contribution in [1.29, 1.82) is 0 Å². The fourth-order valence-corrected chi connectivity index (χ4v) is 0.717. The largest absolute Gasteiger partial charge is 0.369 e. The van der Waals surface area contributed by atoms with Gasteiger partial charge < -0.3 is 11.1 Å². The van der Waals surface area contributed by atoms with Crippen LogP contribution in [0.4, 0.5) is 0 Å². The van der Waals surface area contributed by atoms with Gasteiger partial charge in [-0.15, -0.1) is 6.42 Å². The lowest BCUT2D eigenvalue weighted by Gasteiger charge is -2.20. The van der Waals surface area contributed by atoms with Gasteiger partial charge in [0.25, 0.3) is 0 Å².